The second-order valence-electron chi connectivity index (χ2n) is 6.40. The number of hydrazone groups is 1. The molecule has 3 aromatic carbocycles. The molecule has 0 aromatic heterocycles. The van der Waals surface area contributed by atoms with Gasteiger partial charge in [0, 0.05) is 10.6 Å². The molecule has 3 rings (SSSR count). The van der Waals surface area contributed by atoms with Crippen molar-refractivity contribution in [3.05, 3.63) is 78.4 Å². The minimum atomic E-state index is -3.69. The van der Waals surface area contributed by atoms with Gasteiger partial charge >= 0.3 is 0 Å². The summed E-state index contributed by atoms with van der Waals surface area (Å²) in [6.07, 6.45) is 2.03. The van der Waals surface area contributed by atoms with Crippen molar-refractivity contribution in [2.75, 3.05) is 23.5 Å². The summed E-state index contributed by atoms with van der Waals surface area (Å²) in [6.45, 7) is 1.86. The second kappa shape index (κ2) is 9.69. The molecule has 156 valence electrons. The molecule has 0 aliphatic heterocycles. The van der Waals surface area contributed by atoms with Gasteiger partial charge in [-0.1, -0.05) is 12.1 Å². The first-order valence-corrected chi connectivity index (χ1v) is 11.8. The van der Waals surface area contributed by atoms with Crippen molar-refractivity contribution in [2.24, 2.45) is 5.10 Å². The Hall–Kier alpha value is -2.97. The number of benzene rings is 3. The van der Waals surface area contributed by atoms with Crippen LogP contribution in [0.3, 0.4) is 0 Å². The van der Waals surface area contributed by atoms with E-state index in [2.05, 4.69) is 15.2 Å². The molecule has 0 unspecified atom stereocenters. The monoisotopic (exact) mass is 441 g/mol. The largest absolute Gasteiger partial charge is 0.497 e. The quantitative estimate of drug-likeness (QED) is 0.290. The first-order valence-electron chi connectivity index (χ1n) is 9.13. The van der Waals surface area contributed by atoms with Gasteiger partial charge in [-0.05, 0) is 79.4 Å². The molecule has 8 heteroatoms. The van der Waals surface area contributed by atoms with Crippen LogP contribution in [-0.4, -0.2) is 27.5 Å². The highest BCUT2D eigenvalue weighted by Crippen LogP contribution is 2.20. The molecule has 6 nitrogen and oxygen atoms in total. The Morgan fingerprint density at radius 3 is 2.07 bits per heavy atom. The SMILES string of the molecule is COc1ccc(NS(=O)(=O)c2ccc(C(C)=NNc3ccc(SC)cc3)cc2)cc1. The lowest BCUT2D eigenvalue weighted by molar-refractivity contribution is 0.415. The van der Waals surface area contributed by atoms with Crippen LogP contribution >= 0.6 is 11.8 Å². The lowest BCUT2D eigenvalue weighted by Gasteiger charge is -2.10. The number of nitrogens with zero attached hydrogens (tertiary/aromatic N) is 1. The lowest BCUT2D eigenvalue weighted by atomic mass is 10.1. The van der Waals surface area contributed by atoms with Crippen molar-refractivity contribution in [3.63, 3.8) is 0 Å². The molecule has 0 bridgehead atoms. The second-order valence-corrected chi connectivity index (χ2v) is 8.96. The van der Waals surface area contributed by atoms with E-state index in [0.717, 1.165) is 17.0 Å². The normalized spacial score (nSPS) is 11.8. The third-order valence-corrected chi connectivity index (χ3v) is 6.51. The number of thioether (sulfide) groups is 1. The van der Waals surface area contributed by atoms with Gasteiger partial charge in [0.2, 0.25) is 0 Å². The summed E-state index contributed by atoms with van der Waals surface area (Å²) in [5, 5.41) is 4.38. The van der Waals surface area contributed by atoms with Crippen molar-refractivity contribution >= 4 is 38.9 Å². The van der Waals surface area contributed by atoms with Gasteiger partial charge < -0.3 is 4.74 Å². The minimum Gasteiger partial charge on any atom is -0.497 e. The molecule has 0 saturated carbocycles. The Morgan fingerprint density at radius 2 is 1.50 bits per heavy atom. The van der Waals surface area contributed by atoms with Crippen LogP contribution in [0.4, 0.5) is 11.4 Å². The zero-order chi connectivity index (χ0) is 21.6. The predicted octanol–water partition coefficient (Wildman–Crippen LogP) is 5.05. The number of methoxy groups -OCH3 is 1. The average molecular weight is 442 g/mol. The summed E-state index contributed by atoms with van der Waals surface area (Å²) in [5.41, 5.74) is 5.94. The molecule has 2 N–H and O–H groups in total. The van der Waals surface area contributed by atoms with Crippen molar-refractivity contribution in [1.82, 2.24) is 0 Å². The summed E-state index contributed by atoms with van der Waals surface area (Å²) in [6, 6.07) is 21.3. The summed E-state index contributed by atoms with van der Waals surface area (Å²) in [5.74, 6) is 0.658. The summed E-state index contributed by atoms with van der Waals surface area (Å²) in [7, 11) is -2.13. The fourth-order valence-corrected chi connectivity index (χ4v) is 4.09. The zero-order valence-corrected chi connectivity index (χ0v) is 18.5. The predicted molar refractivity (Wildman–Crippen MR) is 124 cm³/mol. The van der Waals surface area contributed by atoms with Gasteiger partial charge in [-0.3, -0.25) is 10.1 Å². The van der Waals surface area contributed by atoms with Gasteiger partial charge in [0.05, 0.1) is 23.4 Å². The van der Waals surface area contributed by atoms with E-state index < -0.39 is 10.0 Å². The van der Waals surface area contributed by atoms with E-state index in [1.807, 2.05) is 37.4 Å². The fraction of sp³-hybridized carbons (Fsp3) is 0.136. The smallest absolute Gasteiger partial charge is 0.261 e. The van der Waals surface area contributed by atoms with E-state index in [1.165, 1.54) is 4.90 Å². The van der Waals surface area contributed by atoms with Crippen molar-refractivity contribution < 1.29 is 13.2 Å². The van der Waals surface area contributed by atoms with Crippen LogP contribution in [0, 0.1) is 0 Å². The molecule has 0 atom stereocenters. The molecular weight excluding hydrogens is 418 g/mol. The molecule has 0 aliphatic rings. The molecule has 0 amide bonds. The van der Waals surface area contributed by atoms with Gasteiger partial charge in [-0.2, -0.15) is 5.10 Å². The standard InChI is InChI=1S/C22H23N3O3S2/c1-16(23-24-18-8-12-21(29-3)13-9-18)17-4-14-22(15-5-17)30(26,27)25-19-6-10-20(28-2)11-7-19/h4-15,24-25H,1-3H3. The number of anilines is 2. The van der Waals surface area contributed by atoms with E-state index in [9.17, 15) is 8.42 Å². The van der Waals surface area contributed by atoms with Gasteiger partial charge in [-0.15, -0.1) is 11.8 Å². The highest BCUT2D eigenvalue weighted by atomic mass is 32.2. The Morgan fingerprint density at radius 1 is 0.900 bits per heavy atom. The lowest BCUT2D eigenvalue weighted by Crippen LogP contribution is -2.13. The average Bonchev–Trinajstić information content (AvgIpc) is 2.78. The van der Waals surface area contributed by atoms with Gasteiger partial charge in [0.25, 0.3) is 10.0 Å². The maximum absolute atomic E-state index is 12.6. The van der Waals surface area contributed by atoms with E-state index in [0.29, 0.717) is 11.4 Å². The van der Waals surface area contributed by atoms with Crippen LogP contribution in [0.5, 0.6) is 5.75 Å². The van der Waals surface area contributed by atoms with Crippen LogP contribution in [-0.2, 0) is 10.0 Å². The molecule has 0 fully saturated rings. The number of hydrogen-bond donors (Lipinski definition) is 2. The van der Waals surface area contributed by atoms with Gasteiger partial charge in [-0.25, -0.2) is 8.42 Å². The van der Waals surface area contributed by atoms with Crippen LogP contribution in [0.25, 0.3) is 0 Å². The number of nitrogens with one attached hydrogen (secondary N) is 2. The maximum Gasteiger partial charge on any atom is 0.261 e. The Balaban J connectivity index is 1.68. The van der Waals surface area contributed by atoms with E-state index >= 15 is 0 Å². The summed E-state index contributed by atoms with van der Waals surface area (Å²) >= 11 is 1.68. The molecule has 0 saturated heterocycles. The Kier molecular flexibility index (Phi) is 7.02. The van der Waals surface area contributed by atoms with Crippen LogP contribution in [0.15, 0.2) is 87.7 Å². The van der Waals surface area contributed by atoms with Crippen molar-refractivity contribution in [1.29, 1.82) is 0 Å². The molecule has 3 aromatic rings. The van der Waals surface area contributed by atoms with Gasteiger partial charge in [0.1, 0.15) is 5.75 Å². The number of rotatable bonds is 8. The maximum atomic E-state index is 12.6. The molecular formula is C22H23N3O3S2. The Labute approximate surface area is 181 Å². The highest BCUT2D eigenvalue weighted by molar-refractivity contribution is 7.98. The first kappa shape index (κ1) is 21.7. The zero-order valence-electron chi connectivity index (χ0n) is 16.9. The van der Waals surface area contributed by atoms with Crippen molar-refractivity contribution in [3.8, 4) is 5.75 Å². The summed E-state index contributed by atoms with van der Waals surface area (Å²) in [4.78, 5) is 1.36. The topological polar surface area (TPSA) is 79.8 Å². The number of sulfonamides is 1. The first-order chi connectivity index (χ1) is 14.4. The van der Waals surface area contributed by atoms with Crippen LogP contribution in [0.1, 0.15) is 12.5 Å². The van der Waals surface area contributed by atoms with Crippen molar-refractivity contribution in [2.45, 2.75) is 16.7 Å². The van der Waals surface area contributed by atoms with Gasteiger partial charge in [0.15, 0.2) is 0 Å². The molecule has 30 heavy (non-hydrogen) atoms. The molecule has 0 heterocycles. The van der Waals surface area contributed by atoms with Crippen LogP contribution in [0.2, 0.25) is 0 Å². The molecule has 0 spiro atoms. The van der Waals surface area contributed by atoms with E-state index in [1.54, 1.807) is 67.4 Å². The highest BCUT2D eigenvalue weighted by Gasteiger charge is 2.14. The van der Waals surface area contributed by atoms with Crippen LogP contribution < -0.4 is 14.9 Å². The number of hydrogen-bond acceptors (Lipinski definition) is 6. The Bertz CT molecular complexity index is 1110. The third kappa shape index (κ3) is 5.55. The fourth-order valence-electron chi connectivity index (χ4n) is 2.63. The van der Waals surface area contributed by atoms with E-state index in [-0.39, 0.29) is 4.90 Å². The molecule has 0 aliphatic carbocycles. The van der Waals surface area contributed by atoms with E-state index in [4.69, 9.17) is 4.74 Å². The third-order valence-electron chi connectivity index (χ3n) is 4.37. The number of ether oxygens (including phenoxy) is 1. The molecule has 0 radical (unpaired) electrons. The minimum absolute atomic E-state index is 0.176. The summed E-state index contributed by atoms with van der Waals surface area (Å²) < 4.78 is 32.9.